The fourth-order valence-corrected chi connectivity index (χ4v) is 3.98. The third kappa shape index (κ3) is 3.40. The van der Waals surface area contributed by atoms with E-state index in [1.807, 2.05) is 0 Å². The Labute approximate surface area is 121 Å². The van der Waals surface area contributed by atoms with Crippen molar-refractivity contribution in [3.63, 3.8) is 0 Å². The summed E-state index contributed by atoms with van der Waals surface area (Å²) in [5, 5.41) is 0. The molecule has 1 heterocycles. The van der Waals surface area contributed by atoms with Crippen LogP contribution in [0.5, 0.6) is 0 Å². The van der Waals surface area contributed by atoms with Crippen molar-refractivity contribution in [2.24, 2.45) is 11.7 Å². The second kappa shape index (κ2) is 6.40. The number of hydrogen-bond donors (Lipinski definition) is 1. The average Bonchev–Trinajstić information content (AvgIpc) is 2.45. The van der Waals surface area contributed by atoms with E-state index in [0.29, 0.717) is 30.4 Å². The van der Waals surface area contributed by atoms with Gasteiger partial charge in [0.15, 0.2) is 0 Å². The molecular weight excluding hydrogens is 272 g/mol. The number of sulfonamides is 1. The van der Waals surface area contributed by atoms with Gasteiger partial charge >= 0.3 is 0 Å². The van der Waals surface area contributed by atoms with Gasteiger partial charge in [0.25, 0.3) is 0 Å². The molecule has 2 N–H and O–H groups in total. The van der Waals surface area contributed by atoms with E-state index in [1.54, 1.807) is 28.6 Å². The van der Waals surface area contributed by atoms with Crippen LogP contribution in [0.1, 0.15) is 25.3 Å². The predicted molar refractivity (Wildman–Crippen MR) is 79.5 cm³/mol. The Balaban J connectivity index is 2.21. The molecule has 0 saturated carbocycles. The summed E-state index contributed by atoms with van der Waals surface area (Å²) in [5.41, 5.74) is 6.09. The Morgan fingerprint density at radius 3 is 2.65 bits per heavy atom. The fourth-order valence-electron chi connectivity index (χ4n) is 2.38. The van der Waals surface area contributed by atoms with Gasteiger partial charge in [-0.15, -0.1) is 0 Å². The van der Waals surface area contributed by atoms with Crippen LogP contribution in [0.15, 0.2) is 29.2 Å². The second-order valence-electron chi connectivity index (χ2n) is 5.14. The summed E-state index contributed by atoms with van der Waals surface area (Å²) in [4.78, 5) is 0.338. The number of benzene rings is 1. The summed E-state index contributed by atoms with van der Waals surface area (Å²) in [7, 11) is -3.37. The standard InChI is InChI=1S/C15H20N2O2S/c1-13-4-3-11-17(12-13)20(18,19)15-8-6-14(7-9-15)5-2-10-16/h6-9,13H,3-4,10-12,16H2,1H3. The first-order valence-corrected chi connectivity index (χ1v) is 8.27. The first kappa shape index (κ1) is 15.0. The van der Waals surface area contributed by atoms with Gasteiger partial charge in [0, 0.05) is 18.7 Å². The zero-order valence-corrected chi connectivity index (χ0v) is 12.5. The number of nitrogens with zero attached hydrogens (tertiary/aromatic N) is 1. The molecule has 0 aliphatic carbocycles. The smallest absolute Gasteiger partial charge is 0.243 e. The van der Waals surface area contributed by atoms with Crippen molar-refractivity contribution in [3.05, 3.63) is 29.8 Å². The second-order valence-corrected chi connectivity index (χ2v) is 7.08. The average molecular weight is 292 g/mol. The Hall–Kier alpha value is -1.35. The number of rotatable bonds is 2. The van der Waals surface area contributed by atoms with E-state index in [9.17, 15) is 8.42 Å². The number of piperidine rings is 1. The maximum absolute atomic E-state index is 12.5. The highest BCUT2D eigenvalue weighted by atomic mass is 32.2. The molecule has 1 saturated heterocycles. The summed E-state index contributed by atoms with van der Waals surface area (Å²) in [6.45, 7) is 3.61. The lowest BCUT2D eigenvalue weighted by Crippen LogP contribution is -2.39. The summed E-state index contributed by atoms with van der Waals surface area (Å²) in [5.74, 6) is 6.06. The van der Waals surface area contributed by atoms with Gasteiger partial charge in [0.1, 0.15) is 0 Å². The molecule has 1 unspecified atom stereocenters. The molecule has 20 heavy (non-hydrogen) atoms. The molecule has 2 rings (SSSR count). The van der Waals surface area contributed by atoms with Crippen LogP contribution in [0.3, 0.4) is 0 Å². The highest BCUT2D eigenvalue weighted by molar-refractivity contribution is 7.89. The molecule has 1 fully saturated rings. The zero-order chi connectivity index (χ0) is 14.6. The molecule has 1 aromatic rings. The van der Waals surface area contributed by atoms with Crippen molar-refractivity contribution >= 4 is 10.0 Å². The van der Waals surface area contributed by atoms with Crippen LogP contribution in [0.2, 0.25) is 0 Å². The van der Waals surface area contributed by atoms with Crippen molar-refractivity contribution in [3.8, 4) is 11.8 Å². The molecule has 0 bridgehead atoms. The minimum absolute atomic E-state index is 0.297. The van der Waals surface area contributed by atoms with Gasteiger partial charge in [-0.2, -0.15) is 4.31 Å². The fraction of sp³-hybridized carbons (Fsp3) is 0.467. The summed E-state index contributed by atoms with van der Waals surface area (Å²) < 4.78 is 26.6. The van der Waals surface area contributed by atoms with E-state index >= 15 is 0 Å². The van der Waals surface area contributed by atoms with Crippen LogP contribution < -0.4 is 5.73 Å². The lowest BCUT2D eigenvalue weighted by molar-refractivity contribution is 0.281. The van der Waals surface area contributed by atoms with Crippen molar-refractivity contribution in [2.75, 3.05) is 19.6 Å². The molecule has 4 nitrogen and oxygen atoms in total. The largest absolute Gasteiger partial charge is 0.320 e. The first-order chi connectivity index (χ1) is 9.54. The molecule has 1 aromatic carbocycles. The normalized spacial score (nSPS) is 20.2. The third-order valence-corrected chi connectivity index (χ3v) is 5.33. The molecule has 0 aromatic heterocycles. The van der Waals surface area contributed by atoms with E-state index in [2.05, 4.69) is 18.8 Å². The highest BCUT2D eigenvalue weighted by Gasteiger charge is 2.28. The van der Waals surface area contributed by atoms with Crippen molar-refractivity contribution in [1.29, 1.82) is 0 Å². The van der Waals surface area contributed by atoms with E-state index in [1.165, 1.54) is 0 Å². The zero-order valence-electron chi connectivity index (χ0n) is 11.7. The van der Waals surface area contributed by atoms with Crippen molar-refractivity contribution in [1.82, 2.24) is 4.31 Å². The molecule has 108 valence electrons. The third-order valence-electron chi connectivity index (χ3n) is 3.45. The predicted octanol–water partition coefficient (Wildman–Crippen LogP) is 1.42. The SMILES string of the molecule is CC1CCCN(S(=O)(=O)c2ccc(C#CCN)cc2)C1. The Bertz CT molecular complexity index is 612. The van der Waals surface area contributed by atoms with Gasteiger partial charge in [0.05, 0.1) is 11.4 Å². The van der Waals surface area contributed by atoms with Crippen LogP contribution in [-0.2, 0) is 10.0 Å². The highest BCUT2D eigenvalue weighted by Crippen LogP contribution is 2.23. The molecule has 0 amide bonds. The molecule has 0 spiro atoms. The Kier molecular flexibility index (Phi) is 4.81. The number of hydrogen-bond acceptors (Lipinski definition) is 3. The van der Waals surface area contributed by atoms with Crippen LogP contribution in [0.25, 0.3) is 0 Å². The first-order valence-electron chi connectivity index (χ1n) is 6.83. The van der Waals surface area contributed by atoms with Gasteiger partial charge < -0.3 is 5.73 Å². The van der Waals surface area contributed by atoms with E-state index < -0.39 is 10.0 Å². The van der Waals surface area contributed by atoms with Crippen LogP contribution >= 0.6 is 0 Å². The van der Waals surface area contributed by atoms with Crippen molar-refractivity contribution in [2.45, 2.75) is 24.7 Å². The molecule has 1 aliphatic rings. The summed E-state index contributed by atoms with van der Waals surface area (Å²) in [6.07, 6.45) is 2.03. The van der Waals surface area contributed by atoms with Gasteiger partial charge in [0.2, 0.25) is 10.0 Å². The van der Waals surface area contributed by atoms with Gasteiger partial charge in [-0.25, -0.2) is 8.42 Å². The van der Waals surface area contributed by atoms with E-state index in [4.69, 9.17) is 5.73 Å². The minimum Gasteiger partial charge on any atom is -0.320 e. The topological polar surface area (TPSA) is 63.4 Å². The number of nitrogens with two attached hydrogens (primary N) is 1. The quantitative estimate of drug-likeness (QED) is 0.839. The van der Waals surface area contributed by atoms with Gasteiger partial charge in [-0.3, -0.25) is 0 Å². The van der Waals surface area contributed by atoms with Crippen LogP contribution in [0, 0.1) is 17.8 Å². The minimum atomic E-state index is -3.37. The monoisotopic (exact) mass is 292 g/mol. The molecule has 1 atom stereocenters. The molecule has 0 radical (unpaired) electrons. The molecule has 1 aliphatic heterocycles. The van der Waals surface area contributed by atoms with Crippen LogP contribution in [-0.4, -0.2) is 32.4 Å². The van der Waals surface area contributed by atoms with E-state index in [-0.39, 0.29) is 0 Å². The van der Waals surface area contributed by atoms with E-state index in [0.717, 1.165) is 18.4 Å². The molecule has 5 heteroatoms. The molecular formula is C15H20N2O2S. The lowest BCUT2D eigenvalue weighted by atomic mass is 10.0. The van der Waals surface area contributed by atoms with Gasteiger partial charge in [-0.1, -0.05) is 18.8 Å². The summed E-state index contributed by atoms with van der Waals surface area (Å²) in [6, 6.07) is 6.69. The Morgan fingerprint density at radius 2 is 2.05 bits per heavy atom. The maximum Gasteiger partial charge on any atom is 0.243 e. The van der Waals surface area contributed by atoms with Crippen LogP contribution in [0.4, 0.5) is 0 Å². The lowest BCUT2D eigenvalue weighted by Gasteiger charge is -2.30. The maximum atomic E-state index is 12.5. The van der Waals surface area contributed by atoms with Gasteiger partial charge in [-0.05, 0) is 43.0 Å². The summed E-state index contributed by atoms with van der Waals surface area (Å²) >= 11 is 0. The Morgan fingerprint density at radius 1 is 1.35 bits per heavy atom. The van der Waals surface area contributed by atoms with Crippen molar-refractivity contribution < 1.29 is 8.42 Å².